The second-order valence-electron chi connectivity index (χ2n) is 4.44. The number of anilines is 1. The van der Waals surface area contributed by atoms with Gasteiger partial charge in [0.25, 0.3) is 0 Å². The number of nitrogens with zero attached hydrogens (tertiary/aromatic N) is 1. The van der Waals surface area contributed by atoms with E-state index in [9.17, 15) is 0 Å². The van der Waals surface area contributed by atoms with Crippen molar-refractivity contribution in [3.8, 4) is 0 Å². The normalized spacial score (nSPS) is 14.6. The van der Waals surface area contributed by atoms with Crippen molar-refractivity contribution in [3.05, 3.63) is 29.8 Å². The lowest BCUT2D eigenvalue weighted by Gasteiger charge is -2.29. The van der Waals surface area contributed by atoms with Crippen LogP contribution in [0.5, 0.6) is 0 Å². The number of rotatable bonds is 5. The number of hydrogen-bond acceptors (Lipinski definition) is 2. The molecule has 0 spiro atoms. The van der Waals surface area contributed by atoms with E-state index < -0.39 is 0 Å². The van der Waals surface area contributed by atoms with Gasteiger partial charge in [0.1, 0.15) is 0 Å². The molecule has 0 saturated carbocycles. The summed E-state index contributed by atoms with van der Waals surface area (Å²) < 4.78 is 0. The Morgan fingerprint density at radius 2 is 1.88 bits per heavy atom. The molecule has 1 rings (SSSR count). The van der Waals surface area contributed by atoms with Gasteiger partial charge in [-0.05, 0) is 38.9 Å². The van der Waals surface area contributed by atoms with Crippen LogP contribution in [0, 0.1) is 0 Å². The van der Waals surface area contributed by atoms with Crippen LogP contribution < -0.4 is 10.2 Å². The van der Waals surface area contributed by atoms with Crippen molar-refractivity contribution in [1.82, 2.24) is 5.32 Å². The summed E-state index contributed by atoms with van der Waals surface area (Å²) in [6.07, 6.45) is 1.17. The first-order chi connectivity index (χ1) is 7.61. The molecule has 1 aromatic carbocycles. The lowest BCUT2D eigenvalue weighted by molar-refractivity contribution is 0.629. The fraction of sp³-hybridized carbons (Fsp3) is 0.571. The maximum atomic E-state index is 3.31. The van der Waals surface area contributed by atoms with E-state index in [1.54, 1.807) is 0 Å². The van der Waals surface area contributed by atoms with E-state index in [-0.39, 0.29) is 0 Å². The molecule has 0 aliphatic rings. The molecule has 90 valence electrons. The minimum Gasteiger partial charge on any atom is -0.372 e. The van der Waals surface area contributed by atoms with Gasteiger partial charge in [0.15, 0.2) is 0 Å². The molecule has 0 aliphatic heterocycles. The zero-order valence-corrected chi connectivity index (χ0v) is 11.1. The van der Waals surface area contributed by atoms with Gasteiger partial charge in [-0.1, -0.05) is 25.1 Å². The van der Waals surface area contributed by atoms with Gasteiger partial charge in [-0.25, -0.2) is 0 Å². The smallest absolute Gasteiger partial charge is 0.0414 e. The van der Waals surface area contributed by atoms with Crippen LogP contribution in [-0.4, -0.2) is 20.1 Å². The average molecular weight is 220 g/mol. The molecule has 0 saturated heterocycles. The summed E-state index contributed by atoms with van der Waals surface area (Å²) >= 11 is 0. The van der Waals surface area contributed by atoms with Crippen molar-refractivity contribution in [2.75, 3.05) is 19.0 Å². The molecule has 2 atom stereocenters. The summed E-state index contributed by atoms with van der Waals surface area (Å²) in [5.74, 6) is 0. The zero-order valence-electron chi connectivity index (χ0n) is 11.1. The molecule has 0 bridgehead atoms. The Hall–Kier alpha value is -1.02. The molecule has 0 fully saturated rings. The minimum absolute atomic E-state index is 0.391. The molecule has 2 nitrogen and oxygen atoms in total. The number of para-hydroxylation sites is 1. The predicted octanol–water partition coefficient (Wildman–Crippen LogP) is 3.20. The number of benzene rings is 1. The highest BCUT2D eigenvalue weighted by atomic mass is 15.1. The van der Waals surface area contributed by atoms with Gasteiger partial charge >= 0.3 is 0 Å². The second kappa shape index (κ2) is 5.90. The first-order valence-electron chi connectivity index (χ1n) is 6.10. The number of nitrogens with one attached hydrogen (secondary N) is 1. The summed E-state index contributed by atoms with van der Waals surface area (Å²) in [6.45, 7) is 6.69. The van der Waals surface area contributed by atoms with Crippen molar-refractivity contribution >= 4 is 5.69 Å². The highest BCUT2D eigenvalue weighted by Crippen LogP contribution is 2.26. The Kier molecular flexibility index (Phi) is 4.81. The fourth-order valence-corrected chi connectivity index (χ4v) is 1.84. The van der Waals surface area contributed by atoms with E-state index in [1.165, 1.54) is 17.7 Å². The second-order valence-corrected chi connectivity index (χ2v) is 4.44. The largest absolute Gasteiger partial charge is 0.372 e. The van der Waals surface area contributed by atoms with Crippen molar-refractivity contribution < 1.29 is 0 Å². The third-order valence-corrected chi connectivity index (χ3v) is 3.47. The first kappa shape index (κ1) is 13.0. The van der Waals surface area contributed by atoms with Crippen molar-refractivity contribution in [3.63, 3.8) is 0 Å². The monoisotopic (exact) mass is 220 g/mol. The number of hydrogen-bond donors (Lipinski definition) is 1. The van der Waals surface area contributed by atoms with Crippen molar-refractivity contribution in [1.29, 1.82) is 0 Å². The van der Waals surface area contributed by atoms with Gasteiger partial charge in [-0.2, -0.15) is 0 Å². The standard InChI is InChI=1S/C14H24N2/c1-6-11(2)16(5)14-10-8-7-9-13(14)12(3)15-4/h7-12,15H,6H2,1-5H3. The van der Waals surface area contributed by atoms with Crippen LogP contribution in [0.3, 0.4) is 0 Å². The Labute approximate surface area is 99.7 Å². The Morgan fingerprint density at radius 1 is 1.25 bits per heavy atom. The van der Waals surface area contributed by atoms with E-state index in [2.05, 4.69) is 62.3 Å². The quantitative estimate of drug-likeness (QED) is 0.819. The molecular weight excluding hydrogens is 196 g/mol. The maximum Gasteiger partial charge on any atom is 0.0414 e. The summed E-state index contributed by atoms with van der Waals surface area (Å²) in [6, 6.07) is 9.59. The molecule has 1 N–H and O–H groups in total. The zero-order chi connectivity index (χ0) is 12.1. The van der Waals surface area contributed by atoms with E-state index in [0.717, 1.165) is 0 Å². The Morgan fingerprint density at radius 3 is 2.44 bits per heavy atom. The van der Waals surface area contributed by atoms with Crippen LogP contribution in [0.2, 0.25) is 0 Å². The van der Waals surface area contributed by atoms with Crippen molar-refractivity contribution in [2.24, 2.45) is 0 Å². The van der Waals surface area contributed by atoms with Crippen molar-refractivity contribution in [2.45, 2.75) is 39.3 Å². The third kappa shape index (κ3) is 2.76. The van der Waals surface area contributed by atoms with E-state index in [1.807, 2.05) is 7.05 Å². The maximum absolute atomic E-state index is 3.31. The summed E-state index contributed by atoms with van der Waals surface area (Å²) in [7, 11) is 4.18. The van der Waals surface area contributed by atoms with Gasteiger partial charge in [-0.3, -0.25) is 0 Å². The van der Waals surface area contributed by atoms with Crippen LogP contribution in [-0.2, 0) is 0 Å². The summed E-state index contributed by atoms with van der Waals surface area (Å²) in [5, 5.41) is 3.31. The lowest BCUT2D eigenvalue weighted by atomic mass is 10.0. The highest BCUT2D eigenvalue weighted by molar-refractivity contribution is 5.55. The van der Waals surface area contributed by atoms with E-state index in [4.69, 9.17) is 0 Å². The highest BCUT2D eigenvalue weighted by Gasteiger charge is 2.14. The minimum atomic E-state index is 0.391. The van der Waals surface area contributed by atoms with Crippen LogP contribution in [0.4, 0.5) is 5.69 Å². The molecule has 0 aromatic heterocycles. The molecule has 2 heteroatoms. The molecule has 1 aromatic rings. The molecular formula is C14H24N2. The van der Waals surface area contributed by atoms with Gasteiger partial charge < -0.3 is 10.2 Å². The lowest BCUT2D eigenvalue weighted by Crippen LogP contribution is -2.30. The third-order valence-electron chi connectivity index (χ3n) is 3.47. The van der Waals surface area contributed by atoms with Gasteiger partial charge in [0.05, 0.1) is 0 Å². The average Bonchev–Trinajstić information content (AvgIpc) is 2.35. The molecule has 16 heavy (non-hydrogen) atoms. The van der Waals surface area contributed by atoms with E-state index in [0.29, 0.717) is 12.1 Å². The van der Waals surface area contributed by atoms with Gasteiger partial charge in [0, 0.05) is 24.8 Å². The molecule has 0 aliphatic carbocycles. The molecule has 2 unspecified atom stereocenters. The van der Waals surface area contributed by atoms with Crippen LogP contribution in [0.25, 0.3) is 0 Å². The Balaban J connectivity index is 3.03. The van der Waals surface area contributed by atoms with Gasteiger partial charge in [0.2, 0.25) is 0 Å². The predicted molar refractivity (Wildman–Crippen MR) is 72.1 cm³/mol. The van der Waals surface area contributed by atoms with Crippen LogP contribution >= 0.6 is 0 Å². The van der Waals surface area contributed by atoms with Crippen LogP contribution in [0.15, 0.2) is 24.3 Å². The Bertz CT molecular complexity index is 322. The molecule has 0 radical (unpaired) electrons. The van der Waals surface area contributed by atoms with E-state index >= 15 is 0 Å². The SMILES string of the molecule is CCC(C)N(C)c1ccccc1C(C)NC. The topological polar surface area (TPSA) is 15.3 Å². The fourth-order valence-electron chi connectivity index (χ4n) is 1.84. The summed E-state index contributed by atoms with van der Waals surface area (Å²) in [5.41, 5.74) is 2.70. The molecule has 0 amide bonds. The van der Waals surface area contributed by atoms with Crippen LogP contribution in [0.1, 0.15) is 38.8 Å². The summed E-state index contributed by atoms with van der Waals surface area (Å²) in [4.78, 5) is 2.36. The first-order valence-corrected chi connectivity index (χ1v) is 6.10. The molecule has 0 heterocycles. The van der Waals surface area contributed by atoms with Gasteiger partial charge in [-0.15, -0.1) is 0 Å².